The normalized spacial score (nSPS) is 18.4. The number of unbranched alkanes of at least 4 members (excludes halogenated alkanes) is 1. The monoisotopic (exact) mass is 374 g/mol. The lowest BCUT2D eigenvalue weighted by Gasteiger charge is -2.35. The van der Waals surface area contributed by atoms with E-state index in [1.807, 2.05) is 6.92 Å². The van der Waals surface area contributed by atoms with Gasteiger partial charge in [-0.25, -0.2) is 0 Å². The molecule has 0 amide bonds. The molecular weight excluding hydrogens is 336 g/mol. The van der Waals surface area contributed by atoms with Gasteiger partial charge in [0, 0.05) is 38.9 Å². The second-order valence-electron chi connectivity index (χ2n) is 7.16. The summed E-state index contributed by atoms with van der Waals surface area (Å²) in [5.41, 5.74) is 1.40. The van der Waals surface area contributed by atoms with Crippen LogP contribution in [0.4, 0.5) is 0 Å². The largest absolute Gasteiger partial charge is 0.382 e. The Kier molecular flexibility index (Phi) is 10.9. The molecular formula is C22H38N4O. The highest BCUT2D eigenvalue weighted by atomic mass is 16.5. The van der Waals surface area contributed by atoms with E-state index in [2.05, 4.69) is 52.8 Å². The van der Waals surface area contributed by atoms with Gasteiger partial charge in [0.25, 0.3) is 0 Å². The molecule has 1 aliphatic rings. The summed E-state index contributed by atoms with van der Waals surface area (Å²) in [5.74, 6) is 0.944. The number of guanidine groups is 1. The molecule has 0 spiro atoms. The molecule has 0 bridgehead atoms. The smallest absolute Gasteiger partial charge is 0.191 e. The van der Waals surface area contributed by atoms with Crippen LogP contribution in [0.25, 0.3) is 0 Å². The fraction of sp³-hybridized carbons (Fsp3) is 0.682. The SMILES string of the molecule is CCNC(=NCC1CCCCN1Cc1ccccc1)NCCCCOCC. The Hall–Kier alpha value is -1.59. The maximum Gasteiger partial charge on any atom is 0.191 e. The van der Waals surface area contributed by atoms with Crippen molar-refractivity contribution in [3.8, 4) is 0 Å². The van der Waals surface area contributed by atoms with E-state index >= 15 is 0 Å². The molecule has 2 N–H and O–H groups in total. The third kappa shape index (κ3) is 8.76. The first-order valence-electron chi connectivity index (χ1n) is 10.7. The zero-order chi connectivity index (χ0) is 19.2. The van der Waals surface area contributed by atoms with Gasteiger partial charge >= 0.3 is 0 Å². The summed E-state index contributed by atoms with van der Waals surface area (Å²) < 4.78 is 5.40. The molecule has 27 heavy (non-hydrogen) atoms. The van der Waals surface area contributed by atoms with Gasteiger partial charge in [0.1, 0.15) is 0 Å². The molecule has 1 aliphatic heterocycles. The number of benzene rings is 1. The van der Waals surface area contributed by atoms with Crippen molar-refractivity contribution in [2.45, 2.75) is 58.5 Å². The average molecular weight is 375 g/mol. The lowest BCUT2D eigenvalue weighted by atomic mass is 10.0. The molecule has 1 atom stereocenters. The highest BCUT2D eigenvalue weighted by Gasteiger charge is 2.22. The van der Waals surface area contributed by atoms with E-state index in [0.29, 0.717) is 6.04 Å². The number of hydrogen-bond acceptors (Lipinski definition) is 3. The quantitative estimate of drug-likeness (QED) is 0.354. The van der Waals surface area contributed by atoms with Crippen LogP contribution in [0, 0.1) is 0 Å². The van der Waals surface area contributed by atoms with Gasteiger partial charge in [-0.3, -0.25) is 9.89 Å². The summed E-state index contributed by atoms with van der Waals surface area (Å²) in [7, 11) is 0. The van der Waals surface area contributed by atoms with Crippen LogP contribution in [0.1, 0.15) is 51.5 Å². The van der Waals surface area contributed by atoms with Crippen molar-refractivity contribution in [2.75, 3.05) is 39.4 Å². The number of piperidine rings is 1. The zero-order valence-corrected chi connectivity index (χ0v) is 17.3. The first-order chi connectivity index (χ1) is 13.3. The number of nitrogens with one attached hydrogen (secondary N) is 2. The molecule has 1 aromatic carbocycles. The Balaban J connectivity index is 1.82. The van der Waals surface area contributed by atoms with Gasteiger partial charge in [-0.2, -0.15) is 0 Å². The van der Waals surface area contributed by atoms with Crippen LogP contribution in [0.15, 0.2) is 35.3 Å². The first kappa shape index (κ1) is 21.7. The average Bonchev–Trinajstić information content (AvgIpc) is 2.70. The lowest BCUT2D eigenvalue weighted by Crippen LogP contribution is -2.43. The molecule has 1 saturated heterocycles. The van der Waals surface area contributed by atoms with Crippen molar-refractivity contribution in [3.05, 3.63) is 35.9 Å². The summed E-state index contributed by atoms with van der Waals surface area (Å²) in [6.07, 6.45) is 6.05. The number of ether oxygens (including phenoxy) is 1. The summed E-state index contributed by atoms with van der Waals surface area (Å²) in [6, 6.07) is 11.3. The van der Waals surface area contributed by atoms with Gasteiger partial charge in [0.2, 0.25) is 0 Å². The molecule has 0 saturated carbocycles. The Morgan fingerprint density at radius 2 is 2.00 bits per heavy atom. The predicted molar refractivity (Wildman–Crippen MR) is 114 cm³/mol. The van der Waals surface area contributed by atoms with Crippen LogP contribution in [0.3, 0.4) is 0 Å². The van der Waals surface area contributed by atoms with Crippen LogP contribution in [0.5, 0.6) is 0 Å². The van der Waals surface area contributed by atoms with E-state index in [4.69, 9.17) is 9.73 Å². The second-order valence-corrected chi connectivity index (χ2v) is 7.16. The third-order valence-electron chi connectivity index (χ3n) is 4.99. The Morgan fingerprint density at radius 1 is 1.15 bits per heavy atom. The van der Waals surface area contributed by atoms with Crippen molar-refractivity contribution in [2.24, 2.45) is 4.99 Å². The standard InChI is InChI=1S/C22H38N4O/c1-3-23-22(24-15-9-11-17-27-4-2)25-18-21-14-8-10-16-26(21)19-20-12-6-5-7-13-20/h5-7,12-13,21H,3-4,8-11,14-19H2,1-2H3,(H2,23,24,25). The molecule has 5 heteroatoms. The molecule has 1 aromatic rings. The number of rotatable bonds is 11. The van der Waals surface area contributed by atoms with Crippen LogP contribution >= 0.6 is 0 Å². The summed E-state index contributed by atoms with van der Waals surface area (Å²) >= 11 is 0. The van der Waals surface area contributed by atoms with Gasteiger partial charge in [-0.15, -0.1) is 0 Å². The van der Waals surface area contributed by atoms with Gasteiger partial charge in [-0.1, -0.05) is 36.8 Å². The van der Waals surface area contributed by atoms with Gasteiger partial charge in [-0.05, 0) is 51.6 Å². The summed E-state index contributed by atoms with van der Waals surface area (Å²) in [4.78, 5) is 7.49. The summed E-state index contributed by atoms with van der Waals surface area (Å²) in [6.45, 7) is 10.7. The molecule has 0 aliphatic carbocycles. The van der Waals surface area contributed by atoms with Crippen LogP contribution in [-0.2, 0) is 11.3 Å². The summed E-state index contributed by atoms with van der Waals surface area (Å²) in [5, 5.41) is 6.84. The number of nitrogens with zero attached hydrogens (tertiary/aromatic N) is 2. The van der Waals surface area contributed by atoms with E-state index in [-0.39, 0.29) is 0 Å². The van der Waals surface area contributed by atoms with Gasteiger partial charge in [0.05, 0.1) is 6.54 Å². The molecule has 2 rings (SSSR count). The van der Waals surface area contributed by atoms with Gasteiger partial charge in [0.15, 0.2) is 5.96 Å². The van der Waals surface area contributed by atoms with Crippen LogP contribution in [0.2, 0.25) is 0 Å². The lowest BCUT2D eigenvalue weighted by molar-refractivity contribution is 0.143. The Labute approximate surface area is 165 Å². The van der Waals surface area contributed by atoms with E-state index in [9.17, 15) is 0 Å². The van der Waals surface area contributed by atoms with E-state index in [1.165, 1.54) is 31.4 Å². The molecule has 1 heterocycles. The van der Waals surface area contributed by atoms with Crippen molar-refractivity contribution in [3.63, 3.8) is 0 Å². The topological polar surface area (TPSA) is 48.9 Å². The minimum Gasteiger partial charge on any atom is -0.382 e. The molecule has 152 valence electrons. The van der Waals surface area contributed by atoms with Crippen molar-refractivity contribution >= 4 is 5.96 Å². The van der Waals surface area contributed by atoms with Crippen molar-refractivity contribution < 1.29 is 4.74 Å². The highest BCUT2D eigenvalue weighted by Crippen LogP contribution is 2.20. The van der Waals surface area contributed by atoms with E-state index < -0.39 is 0 Å². The maximum absolute atomic E-state index is 5.40. The minimum atomic E-state index is 0.535. The number of hydrogen-bond donors (Lipinski definition) is 2. The maximum atomic E-state index is 5.40. The number of aliphatic imine (C=N–C) groups is 1. The zero-order valence-electron chi connectivity index (χ0n) is 17.3. The van der Waals surface area contributed by atoms with E-state index in [1.54, 1.807) is 0 Å². The van der Waals surface area contributed by atoms with Crippen molar-refractivity contribution in [1.29, 1.82) is 0 Å². The van der Waals surface area contributed by atoms with Gasteiger partial charge < -0.3 is 15.4 Å². The molecule has 5 nitrogen and oxygen atoms in total. The molecule has 0 radical (unpaired) electrons. The number of likely N-dealkylation sites (tertiary alicyclic amines) is 1. The van der Waals surface area contributed by atoms with Crippen LogP contribution in [-0.4, -0.2) is 56.3 Å². The van der Waals surface area contributed by atoms with Crippen LogP contribution < -0.4 is 10.6 Å². The Bertz CT molecular complexity index is 520. The Morgan fingerprint density at radius 3 is 2.78 bits per heavy atom. The molecule has 1 unspecified atom stereocenters. The third-order valence-corrected chi connectivity index (χ3v) is 4.99. The fourth-order valence-corrected chi connectivity index (χ4v) is 3.51. The fourth-order valence-electron chi connectivity index (χ4n) is 3.51. The highest BCUT2D eigenvalue weighted by molar-refractivity contribution is 5.79. The molecule has 1 fully saturated rings. The van der Waals surface area contributed by atoms with Crippen molar-refractivity contribution in [1.82, 2.24) is 15.5 Å². The minimum absolute atomic E-state index is 0.535. The first-order valence-corrected chi connectivity index (χ1v) is 10.7. The van der Waals surface area contributed by atoms with E-state index in [0.717, 1.165) is 58.2 Å². The predicted octanol–water partition coefficient (Wildman–Crippen LogP) is 3.41. The second kappa shape index (κ2) is 13.6. The molecule has 0 aromatic heterocycles.